The van der Waals surface area contributed by atoms with E-state index in [1.54, 1.807) is 0 Å². The van der Waals surface area contributed by atoms with Gasteiger partial charge in [0.2, 0.25) is 0 Å². The quantitative estimate of drug-likeness (QED) is 0.0644. The number of aryl methyl sites for hydroxylation is 2. The molecule has 9 nitrogen and oxygen atoms in total. The lowest BCUT2D eigenvalue weighted by atomic mass is 10.1. The van der Waals surface area contributed by atoms with E-state index in [9.17, 15) is 9.59 Å². The van der Waals surface area contributed by atoms with Crippen molar-refractivity contribution in [3.05, 3.63) is 70.7 Å². The van der Waals surface area contributed by atoms with Gasteiger partial charge in [-0.2, -0.15) is 4.98 Å². The number of H-pyrrole nitrogens is 1. The molecular weight excluding hydrogens is 817 g/mol. The number of hydrogen-bond donors (Lipinski definition) is 1. The number of hydrogen-bond acceptors (Lipinski definition) is 14. The van der Waals surface area contributed by atoms with Crippen molar-refractivity contribution in [2.75, 3.05) is 56.9 Å². The van der Waals surface area contributed by atoms with E-state index in [1.807, 2.05) is 89.4 Å². The van der Waals surface area contributed by atoms with Gasteiger partial charge >= 0.3 is 5.69 Å². The highest BCUT2D eigenvalue weighted by atomic mass is 32.3. The van der Waals surface area contributed by atoms with E-state index < -0.39 is 11.2 Å². The fourth-order valence-electron chi connectivity index (χ4n) is 5.49. The second-order valence-corrected chi connectivity index (χ2v) is 21.4. The van der Waals surface area contributed by atoms with Gasteiger partial charge in [0.1, 0.15) is 0 Å². The van der Waals surface area contributed by atoms with Crippen molar-refractivity contribution in [2.45, 2.75) is 85.6 Å². The van der Waals surface area contributed by atoms with E-state index >= 15 is 0 Å². The molecule has 0 radical (unpaired) electrons. The van der Waals surface area contributed by atoms with E-state index in [1.165, 1.54) is 84.1 Å². The molecular formula is C38H52N4O5S7. The predicted molar refractivity (Wildman–Crippen MR) is 241 cm³/mol. The molecule has 16 heteroatoms. The highest BCUT2D eigenvalue weighted by Gasteiger charge is 2.27. The van der Waals surface area contributed by atoms with Crippen LogP contribution in [-0.2, 0) is 20.8 Å². The van der Waals surface area contributed by atoms with Gasteiger partial charge in [-0.25, -0.2) is 9.78 Å². The number of ether oxygens (including phenoxy) is 3. The van der Waals surface area contributed by atoms with Crippen LogP contribution in [0, 0.1) is 13.8 Å². The minimum absolute atomic E-state index is 0.138. The van der Waals surface area contributed by atoms with Crippen molar-refractivity contribution >= 4 is 93.4 Å². The number of nitrogens with one attached hydrogen (secondary N) is 1. The molecule has 1 N–H and O–H groups in total. The third-order valence-corrected chi connectivity index (χ3v) is 18.4. The molecule has 4 aliphatic rings. The molecule has 0 saturated carbocycles. The van der Waals surface area contributed by atoms with E-state index in [2.05, 4.69) is 57.7 Å². The molecule has 0 unspecified atom stereocenters. The molecule has 0 spiro atoms. The van der Waals surface area contributed by atoms with Crippen LogP contribution >= 0.6 is 82.3 Å². The van der Waals surface area contributed by atoms with Crippen LogP contribution in [0.2, 0.25) is 0 Å². The number of fused-ring (bicyclic) bond motifs is 2. The Labute approximate surface area is 349 Å². The Morgan fingerprint density at radius 3 is 2.00 bits per heavy atom. The van der Waals surface area contributed by atoms with Crippen LogP contribution in [0.25, 0.3) is 22.6 Å². The first kappa shape index (κ1) is 44.2. The molecule has 0 atom stereocenters. The fraction of sp³-hybridized carbons (Fsp3) is 0.579. The number of rotatable bonds is 25. The number of unbranched alkanes of at least 4 members (excludes halogenated alkanes) is 6. The van der Waals surface area contributed by atoms with E-state index in [4.69, 9.17) is 14.2 Å². The number of nitrogens with zero attached hydrogens (tertiary/aromatic N) is 3. The molecule has 0 bridgehead atoms. The predicted octanol–water partition coefficient (Wildman–Crippen LogP) is 10.6. The molecule has 0 amide bonds. The van der Waals surface area contributed by atoms with Gasteiger partial charge in [-0.15, -0.1) is 35.3 Å². The van der Waals surface area contributed by atoms with Crippen LogP contribution in [0.15, 0.2) is 48.3 Å². The number of aromatic amines is 1. The van der Waals surface area contributed by atoms with Gasteiger partial charge in [0.25, 0.3) is 5.56 Å². The zero-order chi connectivity index (χ0) is 38.1. The Kier molecular flexibility index (Phi) is 19.7. The maximum atomic E-state index is 12.5. The van der Waals surface area contributed by atoms with Crippen molar-refractivity contribution in [3.63, 3.8) is 0 Å². The monoisotopic (exact) mass is 868 g/mol. The number of benzene rings is 1. The normalized spacial score (nSPS) is 14.8. The molecule has 0 saturated heterocycles. The average molecular weight is 869 g/mol. The molecule has 0 aromatic heterocycles. The first-order chi connectivity index (χ1) is 26.4. The van der Waals surface area contributed by atoms with Crippen molar-refractivity contribution < 1.29 is 14.2 Å². The van der Waals surface area contributed by atoms with Crippen LogP contribution < -0.4 is 11.2 Å². The summed E-state index contributed by atoms with van der Waals surface area (Å²) < 4.78 is 26.5. The van der Waals surface area contributed by atoms with E-state index in [0.29, 0.717) is 51.7 Å². The van der Waals surface area contributed by atoms with Crippen molar-refractivity contribution in [1.82, 2.24) is 19.5 Å². The summed E-state index contributed by atoms with van der Waals surface area (Å²) in [6, 6.07) is 3.95. The van der Waals surface area contributed by atoms with Crippen LogP contribution in [-0.4, -0.2) is 76.4 Å². The van der Waals surface area contributed by atoms with Gasteiger partial charge in [-0.05, 0) is 66.9 Å². The Morgan fingerprint density at radius 2 is 1.33 bits per heavy atom. The molecule has 4 aliphatic heterocycles. The van der Waals surface area contributed by atoms with Gasteiger partial charge in [-0.1, -0.05) is 99.4 Å². The third-order valence-electron chi connectivity index (χ3n) is 8.52. The molecule has 4 heterocycles. The topological polar surface area (TPSA) is 108 Å². The summed E-state index contributed by atoms with van der Waals surface area (Å²) in [6.45, 7) is 11.9. The van der Waals surface area contributed by atoms with E-state index in [0.717, 1.165) is 22.4 Å². The maximum absolute atomic E-state index is 12.5. The van der Waals surface area contributed by atoms with Crippen LogP contribution in [0.4, 0.5) is 0 Å². The van der Waals surface area contributed by atoms with Crippen LogP contribution in [0.3, 0.4) is 0 Å². The summed E-state index contributed by atoms with van der Waals surface area (Å²) in [7, 11) is 0. The summed E-state index contributed by atoms with van der Waals surface area (Å²) in [5.74, 6) is 3.61. The molecule has 1 aromatic carbocycles. The largest absolute Gasteiger partial charge is 0.378 e. The molecule has 296 valence electrons. The van der Waals surface area contributed by atoms with E-state index in [-0.39, 0.29) is 11.5 Å². The minimum Gasteiger partial charge on any atom is -0.378 e. The van der Waals surface area contributed by atoms with Gasteiger partial charge < -0.3 is 18.8 Å². The highest BCUT2D eigenvalue weighted by Crippen LogP contribution is 2.63. The maximum Gasteiger partial charge on any atom is 0.349 e. The molecule has 0 aliphatic carbocycles. The second kappa shape index (κ2) is 24.1. The molecule has 1 aromatic rings. The average Bonchev–Trinajstić information content (AvgIpc) is 3.80. The molecule has 5 rings (SSSR count). The summed E-state index contributed by atoms with van der Waals surface area (Å²) in [5.41, 5.74) is 2.53. The van der Waals surface area contributed by atoms with Crippen molar-refractivity contribution in [2.24, 2.45) is 0 Å². The number of thioether (sulfide) groups is 7. The smallest absolute Gasteiger partial charge is 0.349 e. The summed E-state index contributed by atoms with van der Waals surface area (Å²) in [5, 5.41) is 2.30. The summed E-state index contributed by atoms with van der Waals surface area (Å²) >= 11 is 13.8. The zero-order valence-corrected chi connectivity index (χ0v) is 37.4. The zero-order valence-electron chi connectivity index (χ0n) is 31.7. The van der Waals surface area contributed by atoms with Crippen molar-refractivity contribution in [1.29, 1.82) is 0 Å². The van der Waals surface area contributed by atoms with Gasteiger partial charge in [0.05, 0.1) is 71.9 Å². The van der Waals surface area contributed by atoms with Crippen molar-refractivity contribution in [3.8, 4) is 11.5 Å². The van der Waals surface area contributed by atoms with Gasteiger partial charge in [0.15, 0.2) is 11.5 Å². The summed E-state index contributed by atoms with van der Waals surface area (Å²) in [4.78, 5) is 35.3. The van der Waals surface area contributed by atoms with Gasteiger partial charge in [-0.3, -0.25) is 9.78 Å². The second-order valence-electron chi connectivity index (χ2n) is 12.7. The standard InChI is InChI=1S/C38H52N4O5S7/c1-5-7-9-11-20-49-34-35(50-21-12-10-8-6-2)54-37(53-34)36-51-25-30(52-36)48-22-19-47-18-17-46-16-15-45-14-13-42-29-24-27(4)26(3)23-28(29)39-31-32(42)40-38(44)41-33(31)43/h23-25H,5-22H2,1-4H3,(H,41,43,44). The lowest BCUT2D eigenvalue weighted by Gasteiger charge is -2.17. The molecule has 0 fully saturated rings. The highest BCUT2D eigenvalue weighted by molar-refractivity contribution is 8.43. The van der Waals surface area contributed by atoms with Gasteiger partial charge in [0, 0.05) is 12.3 Å². The molecule has 54 heavy (non-hydrogen) atoms. The Hall–Kier alpha value is -0.950. The Morgan fingerprint density at radius 1 is 0.704 bits per heavy atom. The first-order valence-corrected chi connectivity index (χ1v) is 25.1. The fourth-order valence-corrected chi connectivity index (χ4v) is 15.4. The summed E-state index contributed by atoms with van der Waals surface area (Å²) in [6.07, 6.45) is 10.5. The Balaban J connectivity index is 0.951. The minimum atomic E-state index is -0.690. The SMILES string of the molecule is CCCCCCSC1=C(SCCCCCC)SC(=C2SC=C(SCCOCCOCCOCCn3c4nc(=O)[nH]c(=O)c-4nc4cc(C)c(C)cc43)S2)S1. The first-order valence-electron chi connectivity index (χ1n) is 18.8. The van der Waals surface area contributed by atoms with Crippen LogP contribution in [0.1, 0.15) is 76.3 Å². The lowest BCUT2D eigenvalue weighted by Crippen LogP contribution is -2.29. The number of aromatic nitrogens is 4. The van der Waals surface area contributed by atoms with Crippen LogP contribution in [0.5, 0.6) is 0 Å². The lowest BCUT2D eigenvalue weighted by molar-refractivity contribution is 0.0161. The Bertz CT molecular complexity index is 1830. The third kappa shape index (κ3) is 13.6.